The van der Waals surface area contributed by atoms with Gasteiger partial charge in [-0.3, -0.25) is 4.79 Å². The minimum Gasteiger partial charge on any atom is -0.321 e. The van der Waals surface area contributed by atoms with E-state index in [1.807, 2.05) is 54.9 Å². The van der Waals surface area contributed by atoms with Gasteiger partial charge in [0.1, 0.15) is 12.0 Å². The molecule has 0 atom stereocenters. The Balaban J connectivity index is 1.68. The number of hydrogen-bond acceptors (Lipinski definition) is 5. The monoisotopic (exact) mass is 325 g/mol. The number of nitrogens with zero attached hydrogens (tertiary/aromatic N) is 4. The SMILES string of the molecule is Cc1cccc(C(=O)Nc2ccc(Sc3nncn3C)cc2)n1. The van der Waals surface area contributed by atoms with E-state index in [0.717, 1.165) is 21.4 Å². The summed E-state index contributed by atoms with van der Waals surface area (Å²) < 4.78 is 1.85. The summed E-state index contributed by atoms with van der Waals surface area (Å²) in [5.74, 6) is -0.220. The lowest BCUT2D eigenvalue weighted by molar-refractivity contribution is 0.102. The first kappa shape index (κ1) is 15.2. The summed E-state index contributed by atoms with van der Waals surface area (Å²) in [6.07, 6.45) is 1.66. The molecule has 1 N–H and O–H groups in total. The van der Waals surface area contributed by atoms with Crippen molar-refractivity contribution in [1.82, 2.24) is 19.7 Å². The zero-order valence-electron chi connectivity index (χ0n) is 12.7. The Morgan fingerprint density at radius 1 is 1.17 bits per heavy atom. The normalized spacial score (nSPS) is 10.5. The van der Waals surface area contributed by atoms with E-state index in [1.165, 1.54) is 11.8 Å². The molecule has 6 nitrogen and oxygen atoms in total. The summed E-state index contributed by atoms with van der Waals surface area (Å²) in [6, 6.07) is 12.9. The number of carbonyl (C=O) groups is 1. The second kappa shape index (κ2) is 6.62. The lowest BCUT2D eigenvalue weighted by Gasteiger charge is -2.06. The highest BCUT2D eigenvalue weighted by molar-refractivity contribution is 7.99. The average molecular weight is 325 g/mol. The van der Waals surface area contributed by atoms with Gasteiger partial charge in [0.25, 0.3) is 5.91 Å². The first-order valence-corrected chi connectivity index (χ1v) is 7.80. The molecule has 23 heavy (non-hydrogen) atoms. The van der Waals surface area contributed by atoms with E-state index < -0.39 is 0 Å². The van der Waals surface area contributed by atoms with Crippen LogP contribution in [0.5, 0.6) is 0 Å². The molecule has 1 amide bonds. The maximum Gasteiger partial charge on any atom is 0.274 e. The fourth-order valence-corrected chi connectivity index (χ4v) is 2.70. The van der Waals surface area contributed by atoms with E-state index in [1.54, 1.807) is 12.4 Å². The van der Waals surface area contributed by atoms with Gasteiger partial charge in [-0.2, -0.15) is 0 Å². The summed E-state index contributed by atoms with van der Waals surface area (Å²) in [5, 5.41) is 11.5. The molecule has 116 valence electrons. The number of benzene rings is 1. The van der Waals surface area contributed by atoms with E-state index in [4.69, 9.17) is 0 Å². The van der Waals surface area contributed by atoms with Gasteiger partial charge in [-0.15, -0.1) is 10.2 Å². The molecule has 3 aromatic rings. The number of rotatable bonds is 4. The van der Waals surface area contributed by atoms with Crippen LogP contribution in [-0.2, 0) is 7.05 Å². The number of nitrogens with one attached hydrogen (secondary N) is 1. The summed E-state index contributed by atoms with van der Waals surface area (Å²) in [6.45, 7) is 1.86. The molecule has 2 heterocycles. The topological polar surface area (TPSA) is 72.7 Å². The lowest BCUT2D eigenvalue weighted by Crippen LogP contribution is -2.13. The van der Waals surface area contributed by atoms with Crippen molar-refractivity contribution < 1.29 is 4.79 Å². The Labute approximate surface area is 138 Å². The average Bonchev–Trinajstić information content (AvgIpc) is 2.94. The predicted octanol–water partition coefficient (Wildman–Crippen LogP) is 2.92. The number of amides is 1. The number of hydrogen-bond donors (Lipinski definition) is 1. The van der Waals surface area contributed by atoms with Gasteiger partial charge in [0.2, 0.25) is 0 Å². The van der Waals surface area contributed by atoms with E-state index in [0.29, 0.717) is 5.69 Å². The first-order valence-electron chi connectivity index (χ1n) is 6.99. The first-order chi connectivity index (χ1) is 11.1. The van der Waals surface area contributed by atoms with Crippen molar-refractivity contribution in [1.29, 1.82) is 0 Å². The summed E-state index contributed by atoms with van der Waals surface area (Å²) in [7, 11) is 1.89. The molecule has 0 aliphatic heterocycles. The number of aryl methyl sites for hydroxylation is 2. The predicted molar refractivity (Wildman–Crippen MR) is 88.5 cm³/mol. The van der Waals surface area contributed by atoms with Gasteiger partial charge in [-0.25, -0.2) is 4.98 Å². The van der Waals surface area contributed by atoms with Crippen molar-refractivity contribution in [3.8, 4) is 0 Å². The smallest absolute Gasteiger partial charge is 0.274 e. The van der Waals surface area contributed by atoms with Gasteiger partial charge < -0.3 is 9.88 Å². The summed E-state index contributed by atoms with van der Waals surface area (Å²) in [5.41, 5.74) is 1.94. The number of pyridine rings is 1. The Morgan fingerprint density at radius 3 is 2.61 bits per heavy atom. The quantitative estimate of drug-likeness (QED) is 0.798. The van der Waals surface area contributed by atoms with Crippen molar-refractivity contribution in [3.05, 3.63) is 60.2 Å². The van der Waals surface area contributed by atoms with Gasteiger partial charge in [-0.1, -0.05) is 6.07 Å². The van der Waals surface area contributed by atoms with Crippen LogP contribution in [-0.4, -0.2) is 25.7 Å². The molecular weight excluding hydrogens is 310 g/mol. The van der Waals surface area contributed by atoms with E-state index in [-0.39, 0.29) is 5.91 Å². The molecule has 0 fully saturated rings. The highest BCUT2D eigenvalue weighted by atomic mass is 32.2. The van der Waals surface area contributed by atoms with Crippen molar-refractivity contribution in [2.24, 2.45) is 7.05 Å². The maximum atomic E-state index is 12.2. The third-order valence-corrected chi connectivity index (χ3v) is 4.17. The van der Waals surface area contributed by atoms with Gasteiger partial charge >= 0.3 is 0 Å². The molecule has 0 saturated carbocycles. The van der Waals surface area contributed by atoms with Gasteiger partial charge in [0.15, 0.2) is 5.16 Å². The van der Waals surface area contributed by atoms with Crippen LogP contribution in [0.1, 0.15) is 16.2 Å². The van der Waals surface area contributed by atoms with E-state index in [2.05, 4.69) is 20.5 Å². The number of carbonyl (C=O) groups excluding carboxylic acids is 1. The molecule has 3 rings (SSSR count). The fourth-order valence-electron chi connectivity index (χ4n) is 1.94. The largest absolute Gasteiger partial charge is 0.321 e. The van der Waals surface area contributed by atoms with Crippen LogP contribution in [0.4, 0.5) is 5.69 Å². The Bertz CT molecular complexity index is 828. The van der Waals surface area contributed by atoms with Crippen LogP contribution in [0.25, 0.3) is 0 Å². The van der Waals surface area contributed by atoms with Gasteiger partial charge in [0, 0.05) is 23.3 Å². The van der Waals surface area contributed by atoms with Crippen LogP contribution in [0.3, 0.4) is 0 Å². The maximum absolute atomic E-state index is 12.2. The Hall–Kier alpha value is -2.67. The van der Waals surface area contributed by atoms with Crippen LogP contribution < -0.4 is 5.32 Å². The molecular formula is C16H15N5OS. The highest BCUT2D eigenvalue weighted by Gasteiger charge is 2.08. The van der Waals surface area contributed by atoms with E-state index >= 15 is 0 Å². The minimum absolute atomic E-state index is 0.220. The Kier molecular flexibility index (Phi) is 4.38. The number of anilines is 1. The molecule has 0 bridgehead atoms. The third-order valence-electron chi connectivity index (χ3n) is 3.11. The molecule has 0 aliphatic rings. The number of aromatic nitrogens is 4. The second-order valence-corrected chi connectivity index (χ2v) is 6.01. The summed E-state index contributed by atoms with van der Waals surface area (Å²) in [4.78, 5) is 17.4. The molecule has 0 spiro atoms. The zero-order chi connectivity index (χ0) is 16.2. The highest BCUT2D eigenvalue weighted by Crippen LogP contribution is 2.26. The lowest BCUT2D eigenvalue weighted by atomic mass is 10.2. The molecule has 1 aromatic carbocycles. The standard InChI is InChI=1S/C16H15N5OS/c1-11-4-3-5-14(18-11)15(22)19-12-6-8-13(9-7-12)23-16-20-17-10-21(16)2/h3-10H,1-2H3,(H,19,22). The van der Waals surface area contributed by atoms with Gasteiger partial charge in [-0.05, 0) is 55.1 Å². The second-order valence-electron chi connectivity index (χ2n) is 4.97. The molecule has 0 unspecified atom stereocenters. The van der Waals surface area contributed by atoms with Crippen LogP contribution >= 0.6 is 11.8 Å². The zero-order valence-corrected chi connectivity index (χ0v) is 13.5. The van der Waals surface area contributed by atoms with Crippen molar-refractivity contribution in [2.75, 3.05) is 5.32 Å². The molecule has 7 heteroatoms. The van der Waals surface area contributed by atoms with Crippen molar-refractivity contribution in [3.63, 3.8) is 0 Å². The molecule has 2 aromatic heterocycles. The molecule has 0 radical (unpaired) electrons. The molecule has 0 saturated heterocycles. The van der Waals surface area contributed by atoms with Crippen LogP contribution in [0.2, 0.25) is 0 Å². The van der Waals surface area contributed by atoms with Crippen molar-refractivity contribution in [2.45, 2.75) is 17.0 Å². The molecule has 0 aliphatic carbocycles. The third kappa shape index (κ3) is 3.75. The van der Waals surface area contributed by atoms with E-state index in [9.17, 15) is 4.79 Å². The van der Waals surface area contributed by atoms with Crippen molar-refractivity contribution >= 4 is 23.4 Å². The fraction of sp³-hybridized carbons (Fsp3) is 0.125. The van der Waals surface area contributed by atoms with Crippen LogP contribution in [0.15, 0.2) is 58.8 Å². The van der Waals surface area contributed by atoms with Crippen LogP contribution in [0, 0.1) is 6.92 Å². The summed E-state index contributed by atoms with van der Waals surface area (Å²) >= 11 is 1.51. The Morgan fingerprint density at radius 2 is 1.96 bits per heavy atom. The van der Waals surface area contributed by atoms with Gasteiger partial charge in [0.05, 0.1) is 0 Å². The minimum atomic E-state index is -0.220.